The molecular formula is C37H21N3O2. The van der Waals surface area contributed by atoms with Crippen molar-refractivity contribution < 1.29 is 8.83 Å². The fourth-order valence-corrected chi connectivity index (χ4v) is 5.95. The minimum absolute atomic E-state index is 0.554. The van der Waals surface area contributed by atoms with Crippen molar-refractivity contribution in [3.05, 3.63) is 127 Å². The highest BCUT2D eigenvalue weighted by molar-refractivity contribution is 6.14. The standard InChI is InChI=1S/C37H21N3O2/c1-2-10-22(11-3-1)35-38-36(27-16-9-19-31-33(27)26-14-6-7-18-30(26)41-31)40-37(39-35)28-17-8-15-25-29-20-23-12-4-5-13-24(23)21-32(29)42-34(25)28/h1-21H. The normalized spacial score (nSPS) is 11.8. The fourth-order valence-electron chi connectivity index (χ4n) is 5.95. The smallest absolute Gasteiger partial charge is 0.167 e. The minimum atomic E-state index is 0.554. The third-order valence-corrected chi connectivity index (χ3v) is 7.92. The Kier molecular flexibility index (Phi) is 4.83. The quantitative estimate of drug-likeness (QED) is 0.224. The number of nitrogens with zero attached hydrogens (tertiary/aromatic N) is 3. The Balaban J connectivity index is 1.34. The largest absolute Gasteiger partial charge is 0.456 e. The highest BCUT2D eigenvalue weighted by Gasteiger charge is 2.20. The first-order chi connectivity index (χ1) is 20.8. The molecule has 0 saturated carbocycles. The van der Waals surface area contributed by atoms with E-state index < -0.39 is 0 Å². The van der Waals surface area contributed by atoms with E-state index in [9.17, 15) is 0 Å². The summed E-state index contributed by atoms with van der Waals surface area (Å²) in [7, 11) is 0. The molecule has 0 fully saturated rings. The number of benzene rings is 6. The molecule has 0 saturated heterocycles. The SMILES string of the molecule is c1ccc(-c2nc(-c3cccc4c3oc3cc5ccccc5cc34)nc(-c3cccc4oc5ccccc5c34)n2)cc1. The van der Waals surface area contributed by atoms with Crippen LogP contribution in [0, 0.1) is 0 Å². The fraction of sp³-hybridized carbons (Fsp3) is 0. The van der Waals surface area contributed by atoms with E-state index in [1.807, 2.05) is 84.9 Å². The van der Waals surface area contributed by atoms with Gasteiger partial charge in [0.15, 0.2) is 17.5 Å². The van der Waals surface area contributed by atoms with E-state index in [2.05, 4.69) is 42.5 Å². The summed E-state index contributed by atoms with van der Waals surface area (Å²) in [6, 6.07) is 42.9. The van der Waals surface area contributed by atoms with Crippen molar-refractivity contribution in [2.24, 2.45) is 0 Å². The number of hydrogen-bond acceptors (Lipinski definition) is 5. The lowest BCUT2D eigenvalue weighted by Gasteiger charge is -2.09. The molecule has 5 heteroatoms. The highest BCUT2D eigenvalue weighted by Crippen LogP contribution is 2.39. The summed E-state index contributed by atoms with van der Waals surface area (Å²) >= 11 is 0. The molecule has 9 aromatic rings. The van der Waals surface area contributed by atoms with Gasteiger partial charge < -0.3 is 8.83 Å². The first-order valence-corrected chi connectivity index (χ1v) is 13.9. The van der Waals surface area contributed by atoms with E-state index in [-0.39, 0.29) is 0 Å². The molecule has 0 amide bonds. The van der Waals surface area contributed by atoms with Crippen molar-refractivity contribution in [3.63, 3.8) is 0 Å². The second kappa shape index (κ2) is 8.85. The molecule has 0 aliphatic carbocycles. The molecule has 0 spiro atoms. The van der Waals surface area contributed by atoms with Gasteiger partial charge >= 0.3 is 0 Å². The Labute approximate surface area is 239 Å². The van der Waals surface area contributed by atoms with Gasteiger partial charge in [0.2, 0.25) is 0 Å². The molecule has 5 nitrogen and oxygen atoms in total. The number of fused-ring (bicyclic) bond motifs is 7. The predicted molar refractivity (Wildman–Crippen MR) is 168 cm³/mol. The first-order valence-electron chi connectivity index (χ1n) is 13.9. The third-order valence-electron chi connectivity index (χ3n) is 7.92. The lowest BCUT2D eigenvalue weighted by Crippen LogP contribution is -2.00. The number of para-hydroxylation sites is 2. The number of furan rings is 2. The molecule has 0 atom stereocenters. The van der Waals surface area contributed by atoms with Crippen molar-refractivity contribution in [1.82, 2.24) is 15.0 Å². The zero-order valence-electron chi connectivity index (χ0n) is 22.3. The molecule has 0 bridgehead atoms. The van der Waals surface area contributed by atoms with Crippen LogP contribution >= 0.6 is 0 Å². The molecule has 42 heavy (non-hydrogen) atoms. The van der Waals surface area contributed by atoms with Crippen molar-refractivity contribution in [2.75, 3.05) is 0 Å². The zero-order valence-corrected chi connectivity index (χ0v) is 22.3. The van der Waals surface area contributed by atoms with Crippen LogP contribution in [0.5, 0.6) is 0 Å². The molecule has 3 heterocycles. The van der Waals surface area contributed by atoms with Gasteiger partial charge in [0, 0.05) is 32.7 Å². The summed E-state index contributed by atoms with van der Waals surface area (Å²) < 4.78 is 12.7. The van der Waals surface area contributed by atoms with Gasteiger partial charge in [0.1, 0.15) is 22.3 Å². The second-order valence-electron chi connectivity index (χ2n) is 10.4. The molecule has 9 rings (SSSR count). The Bertz CT molecular complexity index is 2470. The van der Waals surface area contributed by atoms with Crippen LogP contribution in [0.4, 0.5) is 0 Å². The molecule has 0 aliphatic heterocycles. The van der Waals surface area contributed by atoms with Gasteiger partial charge in [0.05, 0.1) is 5.56 Å². The minimum Gasteiger partial charge on any atom is -0.456 e. The predicted octanol–water partition coefficient (Wildman–Crippen LogP) is 9.82. The van der Waals surface area contributed by atoms with Crippen molar-refractivity contribution in [2.45, 2.75) is 0 Å². The molecule has 0 N–H and O–H groups in total. The van der Waals surface area contributed by atoms with Crippen molar-refractivity contribution in [3.8, 4) is 34.2 Å². The maximum Gasteiger partial charge on any atom is 0.167 e. The molecule has 0 radical (unpaired) electrons. The lowest BCUT2D eigenvalue weighted by molar-refractivity contribution is 0.669. The van der Waals surface area contributed by atoms with E-state index >= 15 is 0 Å². The lowest BCUT2D eigenvalue weighted by atomic mass is 10.0. The van der Waals surface area contributed by atoms with Gasteiger partial charge in [-0.15, -0.1) is 0 Å². The second-order valence-corrected chi connectivity index (χ2v) is 10.4. The van der Waals surface area contributed by atoms with Crippen LogP contribution in [0.15, 0.2) is 136 Å². The van der Waals surface area contributed by atoms with Crippen molar-refractivity contribution in [1.29, 1.82) is 0 Å². The average molecular weight is 540 g/mol. The average Bonchev–Trinajstić information content (AvgIpc) is 3.62. The van der Waals surface area contributed by atoms with Crippen LogP contribution in [0.1, 0.15) is 0 Å². The summed E-state index contributed by atoms with van der Waals surface area (Å²) in [6.45, 7) is 0. The molecular weight excluding hydrogens is 518 g/mol. The molecule has 0 aliphatic rings. The highest BCUT2D eigenvalue weighted by atomic mass is 16.3. The summed E-state index contributed by atoms with van der Waals surface area (Å²) in [5.74, 6) is 1.73. The summed E-state index contributed by atoms with van der Waals surface area (Å²) in [4.78, 5) is 15.1. The topological polar surface area (TPSA) is 65.0 Å². The van der Waals surface area contributed by atoms with E-state index in [1.54, 1.807) is 0 Å². The molecule has 6 aromatic carbocycles. The van der Waals surface area contributed by atoms with Crippen molar-refractivity contribution >= 4 is 54.6 Å². The van der Waals surface area contributed by atoms with Gasteiger partial charge in [-0.2, -0.15) is 0 Å². The monoisotopic (exact) mass is 539 g/mol. The molecule has 0 unspecified atom stereocenters. The van der Waals surface area contributed by atoms with Crippen LogP contribution in [-0.2, 0) is 0 Å². The first kappa shape index (κ1) is 22.9. The summed E-state index contributed by atoms with van der Waals surface area (Å²) in [6.07, 6.45) is 0. The van der Waals surface area contributed by atoms with Crippen LogP contribution in [0.2, 0.25) is 0 Å². The molecule has 3 aromatic heterocycles. The number of hydrogen-bond donors (Lipinski definition) is 0. The number of rotatable bonds is 3. The maximum absolute atomic E-state index is 6.54. The Hall–Kier alpha value is -5.81. The van der Waals surface area contributed by atoms with E-state index in [0.717, 1.165) is 66.0 Å². The Morgan fingerprint density at radius 2 is 1.05 bits per heavy atom. The summed E-state index contributed by atoms with van der Waals surface area (Å²) in [5, 5.41) is 6.42. The Morgan fingerprint density at radius 1 is 0.405 bits per heavy atom. The van der Waals surface area contributed by atoms with Gasteiger partial charge in [-0.25, -0.2) is 15.0 Å². The van der Waals surface area contributed by atoms with Crippen LogP contribution in [-0.4, -0.2) is 15.0 Å². The van der Waals surface area contributed by atoms with E-state index in [1.165, 1.54) is 5.39 Å². The van der Waals surface area contributed by atoms with Crippen LogP contribution in [0.3, 0.4) is 0 Å². The van der Waals surface area contributed by atoms with Crippen LogP contribution in [0.25, 0.3) is 88.8 Å². The molecule has 196 valence electrons. The van der Waals surface area contributed by atoms with E-state index in [0.29, 0.717) is 17.5 Å². The van der Waals surface area contributed by atoms with Gasteiger partial charge in [-0.3, -0.25) is 0 Å². The number of aromatic nitrogens is 3. The van der Waals surface area contributed by atoms with Gasteiger partial charge in [-0.1, -0.05) is 97.1 Å². The van der Waals surface area contributed by atoms with Gasteiger partial charge in [0.25, 0.3) is 0 Å². The van der Waals surface area contributed by atoms with Crippen LogP contribution < -0.4 is 0 Å². The summed E-state index contributed by atoms with van der Waals surface area (Å²) in [5.41, 5.74) is 5.84. The van der Waals surface area contributed by atoms with Gasteiger partial charge in [-0.05, 0) is 41.1 Å². The third kappa shape index (κ3) is 3.47. The zero-order chi connectivity index (χ0) is 27.6. The maximum atomic E-state index is 6.54. The van der Waals surface area contributed by atoms with E-state index in [4.69, 9.17) is 23.8 Å². The Morgan fingerprint density at radius 3 is 1.93 bits per heavy atom.